The van der Waals surface area contributed by atoms with Gasteiger partial charge in [0, 0.05) is 50.8 Å². The van der Waals surface area contributed by atoms with Crippen molar-refractivity contribution < 1.29 is 9.53 Å². The Morgan fingerprint density at radius 1 is 1.35 bits per heavy atom. The third-order valence-corrected chi connectivity index (χ3v) is 4.05. The first kappa shape index (κ1) is 15.7. The highest BCUT2D eigenvalue weighted by Gasteiger charge is 2.23. The zero-order valence-corrected chi connectivity index (χ0v) is 13.2. The molecule has 0 N–H and O–H groups in total. The maximum absolute atomic E-state index is 12.3. The Bertz CT molecular complexity index is 600. The first-order valence-corrected chi connectivity index (χ1v) is 8.07. The van der Waals surface area contributed by atoms with Gasteiger partial charge in [-0.2, -0.15) is 5.10 Å². The van der Waals surface area contributed by atoms with Crippen LogP contribution in [-0.2, 0) is 22.7 Å². The first-order chi connectivity index (χ1) is 11.3. The van der Waals surface area contributed by atoms with E-state index in [1.165, 1.54) is 0 Å². The molecule has 1 aliphatic heterocycles. The zero-order chi connectivity index (χ0) is 15.9. The van der Waals surface area contributed by atoms with E-state index in [4.69, 9.17) is 4.74 Å². The molecule has 0 saturated carbocycles. The van der Waals surface area contributed by atoms with Gasteiger partial charge >= 0.3 is 0 Å². The minimum absolute atomic E-state index is 0.109. The molecule has 0 bridgehead atoms. The summed E-state index contributed by atoms with van der Waals surface area (Å²) in [6.45, 7) is 2.68. The van der Waals surface area contributed by atoms with Crippen molar-refractivity contribution in [2.75, 3.05) is 13.1 Å². The number of hydrogen-bond donors (Lipinski definition) is 0. The lowest BCUT2D eigenvalue weighted by Gasteiger charge is -2.32. The van der Waals surface area contributed by atoms with E-state index in [9.17, 15) is 4.79 Å². The van der Waals surface area contributed by atoms with Gasteiger partial charge in [0.05, 0.1) is 12.7 Å². The van der Waals surface area contributed by atoms with E-state index in [2.05, 4.69) is 10.1 Å². The van der Waals surface area contributed by atoms with Crippen LogP contribution in [0.4, 0.5) is 0 Å². The molecule has 3 rings (SSSR count). The lowest BCUT2D eigenvalue weighted by atomic mass is 10.1. The molecule has 0 aromatic carbocycles. The molecule has 122 valence electrons. The van der Waals surface area contributed by atoms with Gasteiger partial charge in [-0.15, -0.1) is 0 Å². The highest BCUT2D eigenvalue weighted by atomic mass is 16.5. The number of rotatable bonds is 6. The third-order valence-electron chi connectivity index (χ3n) is 4.05. The van der Waals surface area contributed by atoms with Crippen LogP contribution >= 0.6 is 0 Å². The summed E-state index contributed by atoms with van der Waals surface area (Å²) in [5.74, 6) is 0.176. The van der Waals surface area contributed by atoms with Gasteiger partial charge in [0.2, 0.25) is 5.91 Å². The fourth-order valence-electron chi connectivity index (χ4n) is 2.80. The van der Waals surface area contributed by atoms with Crippen LogP contribution in [0.3, 0.4) is 0 Å². The third kappa shape index (κ3) is 4.63. The van der Waals surface area contributed by atoms with Crippen LogP contribution in [0.1, 0.15) is 24.8 Å². The fraction of sp³-hybridized carbons (Fsp3) is 0.471. The van der Waals surface area contributed by atoms with Crippen LogP contribution in [0.2, 0.25) is 0 Å². The molecule has 1 atom stereocenters. The predicted octanol–water partition coefficient (Wildman–Crippen LogP) is 1.88. The summed E-state index contributed by atoms with van der Waals surface area (Å²) in [4.78, 5) is 18.3. The molecular weight excluding hydrogens is 292 g/mol. The molecule has 1 saturated heterocycles. The van der Waals surface area contributed by atoms with Gasteiger partial charge in [-0.25, -0.2) is 0 Å². The summed E-state index contributed by atoms with van der Waals surface area (Å²) in [6.07, 6.45) is 9.76. The average Bonchev–Trinajstić information content (AvgIpc) is 3.12. The smallest absolute Gasteiger partial charge is 0.224 e. The first-order valence-electron chi connectivity index (χ1n) is 8.07. The Labute approximate surface area is 136 Å². The highest BCUT2D eigenvalue weighted by molar-refractivity contribution is 5.76. The van der Waals surface area contributed by atoms with Crippen molar-refractivity contribution >= 4 is 5.91 Å². The zero-order valence-electron chi connectivity index (χ0n) is 13.2. The highest BCUT2D eigenvalue weighted by Crippen LogP contribution is 2.16. The molecule has 1 unspecified atom stereocenters. The number of aromatic nitrogens is 3. The molecule has 0 spiro atoms. The number of likely N-dealkylation sites (tertiary alicyclic amines) is 1. The number of nitrogens with zero attached hydrogens (tertiary/aromatic N) is 4. The minimum Gasteiger partial charge on any atom is -0.372 e. The van der Waals surface area contributed by atoms with Crippen LogP contribution in [0.15, 0.2) is 43.0 Å². The standard InChI is InChI=1S/C17H22N4O2/c22-17(6-11-21-10-3-8-19-21)20-9-2-5-16(13-20)23-14-15-4-1-7-18-12-15/h1,3-4,7-8,10,12,16H,2,5-6,9,11,13-14H2. The van der Waals surface area contributed by atoms with Crippen molar-refractivity contribution in [1.29, 1.82) is 0 Å². The van der Waals surface area contributed by atoms with Gasteiger partial charge in [-0.3, -0.25) is 14.5 Å². The summed E-state index contributed by atoms with van der Waals surface area (Å²) in [6, 6.07) is 5.78. The number of ether oxygens (including phenoxy) is 1. The van der Waals surface area contributed by atoms with E-state index in [-0.39, 0.29) is 12.0 Å². The van der Waals surface area contributed by atoms with E-state index in [1.807, 2.05) is 35.5 Å². The van der Waals surface area contributed by atoms with Crippen LogP contribution < -0.4 is 0 Å². The van der Waals surface area contributed by atoms with Gasteiger partial charge in [0.15, 0.2) is 0 Å². The van der Waals surface area contributed by atoms with Crippen molar-refractivity contribution in [3.05, 3.63) is 48.5 Å². The van der Waals surface area contributed by atoms with Crippen LogP contribution in [0.5, 0.6) is 0 Å². The summed E-state index contributed by atoms with van der Waals surface area (Å²) in [5.41, 5.74) is 1.06. The molecule has 0 aliphatic carbocycles. The van der Waals surface area contributed by atoms with Gasteiger partial charge in [0.1, 0.15) is 0 Å². The Morgan fingerprint density at radius 2 is 2.30 bits per heavy atom. The second-order valence-corrected chi connectivity index (χ2v) is 5.80. The van der Waals surface area contributed by atoms with Crippen molar-refractivity contribution in [2.24, 2.45) is 0 Å². The lowest BCUT2D eigenvalue weighted by Crippen LogP contribution is -2.43. The van der Waals surface area contributed by atoms with Crippen molar-refractivity contribution in [1.82, 2.24) is 19.7 Å². The maximum Gasteiger partial charge on any atom is 0.224 e. The summed E-state index contributed by atoms with van der Waals surface area (Å²) >= 11 is 0. The number of hydrogen-bond acceptors (Lipinski definition) is 4. The molecule has 1 fully saturated rings. The molecule has 3 heterocycles. The molecule has 1 amide bonds. The molecule has 6 heteroatoms. The average molecular weight is 314 g/mol. The molecule has 2 aromatic rings. The molecular formula is C17H22N4O2. The topological polar surface area (TPSA) is 60.2 Å². The van der Waals surface area contributed by atoms with Crippen LogP contribution in [0.25, 0.3) is 0 Å². The summed E-state index contributed by atoms with van der Waals surface area (Å²) in [5, 5.41) is 4.13. The molecule has 0 radical (unpaired) electrons. The quantitative estimate of drug-likeness (QED) is 0.817. The number of carbonyl (C=O) groups is 1. The van der Waals surface area contributed by atoms with E-state index >= 15 is 0 Å². The van der Waals surface area contributed by atoms with Crippen LogP contribution in [-0.4, -0.2) is 44.8 Å². The molecule has 23 heavy (non-hydrogen) atoms. The predicted molar refractivity (Wildman–Crippen MR) is 85.5 cm³/mol. The summed E-state index contributed by atoms with van der Waals surface area (Å²) < 4.78 is 7.74. The van der Waals surface area contributed by atoms with E-state index < -0.39 is 0 Å². The van der Waals surface area contributed by atoms with Gasteiger partial charge in [-0.1, -0.05) is 6.07 Å². The van der Waals surface area contributed by atoms with Crippen molar-refractivity contribution in [3.8, 4) is 0 Å². The monoisotopic (exact) mass is 314 g/mol. The van der Waals surface area contributed by atoms with Crippen LogP contribution in [0, 0.1) is 0 Å². The Balaban J connectivity index is 1.44. The maximum atomic E-state index is 12.3. The van der Waals surface area contributed by atoms with Crippen molar-refractivity contribution in [2.45, 2.75) is 38.5 Å². The van der Waals surface area contributed by atoms with E-state index in [1.54, 1.807) is 17.1 Å². The normalized spacial score (nSPS) is 18.1. The van der Waals surface area contributed by atoms with Gasteiger partial charge in [0.25, 0.3) is 0 Å². The Morgan fingerprint density at radius 3 is 3.09 bits per heavy atom. The number of aryl methyl sites for hydroxylation is 1. The SMILES string of the molecule is O=C(CCn1cccn1)N1CCCC(OCc2cccnc2)C1. The molecule has 6 nitrogen and oxygen atoms in total. The Hall–Kier alpha value is -2.21. The number of pyridine rings is 1. The second-order valence-electron chi connectivity index (χ2n) is 5.80. The van der Waals surface area contributed by atoms with E-state index in [0.29, 0.717) is 26.1 Å². The van der Waals surface area contributed by atoms with E-state index in [0.717, 1.165) is 24.9 Å². The lowest BCUT2D eigenvalue weighted by molar-refractivity contribution is -0.135. The fourth-order valence-corrected chi connectivity index (χ4v) is 2.80. The second kappa shape index (κ2) is 7.87. The minimum atomic E-state index is 0.109. The number of amides is 1. The number of piperidine rings is 1. The van der Waals surface area contributed by atoms with Crippen molar-refractivity contribution in [3.63, 3.8) is 0 Å². The van der Waals surface area contributed by atoms with Gasteiger partial charge < -0.3 is 9.64 Å². The molecule has 1 aliphatic rings. The summed E-state index contributed by atoms with van der Waals surface area (Å²) in [7, 11) is 0. The Kier molecular flexibility index (Phi) is 5.37. The largest absolute Gasteiger partial charge is 0.372 e. The molecule has 2 aromatic heterocycles. The number of carbonyl (C=O) groups excluding carboxylic acids is 1. The van der Waals surface area contributed by atoms with Gasteiger partial charge in [-0.05, 0) is 30.5 Å².